The van der Waals surface area contributed by atoms with E-state index in [1.54, 1.807) is 0 Å². The average Bonchev–Trinajstić information content (AvgIpc) is 2.80. The summed E-state index contributed by atoms with van der Waals surface area (Å²) in [5.74, 6) is 0.500. The zero-order valence-electron chi connectivity index (χ0n) is 10.5. The van der Waals surface area contributed by atoms with E-state index in [-0.39, 0.29) is 24.4 Å². The number of para-hydroxylation sites is 1. The van der Waals surface area contributed by atoms with E-state index in [4.69, 9.17) is 5.73 Å². The fourth-order valence-electron chi connectivity index (χ4n) is 3.28. The van der Waals surface area contributed by atoms with Crippen LogP contribution >= 0.6 is 12.4 Å². The zero-order chi connectivity index (χ0) is 12.0. The van der Waals surface area contributed by atoms with Gasteiger partial charge in [-0.2, -0.15) is 0 Å². The van der Waals surface area contributed by atoms with Crippen LogP contribution in [0, 0.1) is 0 Å². The number of rotatable bonds is 2. The van der Waals surface area contributed by atoms with Gasteiger partial charge in [-0.15, -0.1) is 12.4 Å². The number of anilines is 1. The molecule has 2 aliphatic rings. The maximum absolute atomic E-state index is 12.0. The van der Waals surface area contributed by atoms with Gasteiger partial charge < -0.3 is 10.6 Å². The average molecular weight is 267 g/mol. The van der Waals surface area contributed by atoms with Crippen molar-refractivity contribution in [2.75, 3.05) is 11.4 Å². The topological polar surface area (TPSA) is 46.3 Å². The summed E-state index contributed by atoms with van der Waals surface area (Å²) in [4.78, 5) is 14.3. The summed E-state index contributed by atoms with van der Waals surface area (Å²) < 4.78 is 0. The number of fused-ring (bicyclic) bond motifs is 3. The second-order valence-corrected chi connectivity index (χ2v) is 5.24. The summed E-state index contributed by atoms with van der Waals surface area (Å²) >= 11 is 0. The molecule has 1 saturated carbocycles. The number of halogens is 1. The van der Waals surface area contributed by atoms with E-state index in [0.717, 1.165) is 19.4 Å². The molecule has 3 nitrogen and oxygen atoms in total. The second-order valence-electron chi connectivity index (χ2n) is 5.24. The van der Waals surface area contributed by atoms with Crippen LogP contribution in [-0.2, 0) is 4.79 Å². The van der Waals surface area contributed by atoms with Gasteiger partial charge >= 0.3 is 0 Å². The van der Waals surface area contributed by atoms with E-state index >= 15 is 0 Å². The lowest BCUT2D eigenvalue weighted by Gasteiger charge is -2.28. The molecule has 1 aliphatic heterocycles. The third-order valence-corrected chi connectivity index (χ3v) is 3.88. The van der Waals surface area contributed by atoms with Crippen molar-refractivity contribution in [1.29, 1.82) is 0 Å². The summed E-state index contributed by atoms with van der Waals surface area (Å²) in [5, 5.41) is 0. The van der Waals surface area contributed by atoms with Gasteiger partial charge in [-0.3, -0.25) is 4.79 Å². The van der Waals surface area contributed by atoms with E-state index in [2.05, 4.69) is 17.0 Å². The summed E-state index contributed by atoms with van der Waals surface area (Å²) in [6, 6.07) is 8.76. The van der Waals surface area contributed by atoms with Crippen LogP contribution in [-0.4, -0.2) is 24.4 Å². The van der Waals surface area contributed by atoms with Crippen molar-refractivity contribution in [3.05, 3.63) is 29.8 Å². The first kappa shape index (κ1) is 13.4. The number of Topliss-reactive ketones (excluding diaryl/α,β-unsaturated/α-hetero) is 1. The highest BCUT2D eigenvalue weighted by Crippen LogP contribution is 2.47. The van der Waals surface area contributed by atoms with Crippen LogP contribution in [0.15, 0.2) is 24.3 Å². The molecular weight excluding hydrogens is 248 g/mol. The van der Waals surface area contributed by atoms with Crippen LogP contribution in [0.4, 0.5) is 5.69 Å². The van der Waals surface area contributed by atoms with Gasteiger partial charge in [-0.1, -0.05) is 18.2 Å². The molecule has 2 unspecified atom stereocenters. The zero-order valence-corrected chi connectivity index (χ0v) is 11.3. The van der Waals surface area contributed by atoms with Crippen LogP contribution in [0.25, 0.3) is 0 Å². The Morgan fingerprint density at radius 2 is 2.17 bits per heavy atom. The van der Waals surface area contributed by atoms with Crippen molar-refractivity contribution in [3.8, 4) is 0 Å². The molecule has 1 fully saturated rings. The molecule has 1 heterocycles. The second kappa shape index (κ2) is 4.90. The maximum atomic E-state index is 12.0. The van der Waals surface area contributed by atoms with Gasteiger partial charge in [0, 0.05) is 30.7 Å². The Hall–Kier alpha value is -1.06. The van der Waals surface area contributed by atoms with Crippen molar-refractivity contribution in [2.24, 2.45) is 5.73 Å². The monoisotopic (exact) mass is 266 g/mol. The van der Waals surface area contributed by atoms with E-state index in [1.807, 2.05) is 19.1 Å². The molecule has 0 bridgehead atoms. The predicted molar refractivity (Wildman–Crippen MR) is 75.5 cm³/mol. The smallest absolute Gasteiger partial charge is 0.142 e. The van der Waals surface area contributed by atoms with Crippen LogP contribution in [0.2, 0.25) is 0 Å². The largest absolute Gasteiger partial charge is 0.366 e. The van der Waals surface area contributed by atoms with E-state index in [1.165, 1.54) is 11.3 Å². The molecule has 0 radical (unpaired) electrons. The molecule has 0 amide bonds. The first-order valence-corrected chi connectivity index (χ1v) is 6.32. The van der Waals surface area contributed by atoms with Crippen LogP contribution in [0.1, 0.15) is 31.2 Å². The fraction of sp³-hybridized carbons (Fsp3) is 0.500. The molecule has 0 aromatic heterocycles. The van der Waals surface area contributed by atoms with Gasteiger partial charge in [0.15, 0.2) is 0 Å². The van der Waals surface area contributed by atoms with Gasteiger partial charge in [-0.05, 0) is 25.0 Å². The molecule has 1 aromatic rings. The number of nitrogens with two attached hydrogens (primary N) is 1. The SMILES string of the molecule is CC(N)CN1c2ccccc2C2C(=O)CC[C@@H]21.Cl. The molecule has 4 heteroatoms. The first-order valence-electron chi connectivity index (χ1n) is 6.32. The number of nitrogens with zero attached hydrogens (tertiary/aromatic N) is 1. The van der Waals surface area contributed by atoms with Gasteiger partial charge in [0.25, 0.3) is 0 Å². The Morgan fingerprint density at radius 1 is 1.44 bits per heavy atom. The number of benzene rings is 1. The van der Waals surface area contributed by atoms with Crippen LogP contribution in [0.3, 0.4) is 0 Å². The van der Waals surface area contributed by atoms with Gasteiger partial charge in [-0.25, -0.2) is 0 Å². The molecule has 1 aliphatic carbocycles. The fourth-order valence-corrected chi connectivity index (χ4v) is 3.28. The highest BCUT2D eigenvalue weighted by Gasteiger charge is 2.46. The van der Waals surface area contributed by atoms with Crippen LogP contribution in [0.5, 0.6) is 0 Å². The number of carbonyl (C=O) groups is 1. The molecule has 0 saturated heterocycles. The number of carbonyl (C=O) groups excluding carboxylic acids is 1. The Labute approximate surface area is 114 Å². The molecule has 3 rings (SSSR count). The lowest BCUT2D eigenvalue weighted by atomic mass is 9.97. The Balaban J connectivity index is 0.00000120. The Bertz CT molecular complexity index is 461. The van der Waals surface area contributed by atoms with Crippen molar-refractivity contribution in [1.82, 2.24) is 0 Å². The summed E-state index contributed by atoms with van der Waals surface area (Å²) in [7, 11) is 0. The highest BCUT2D eigenvalue weighted by molar-refractivity contribution is 5.93. The van der Waals surface area contributed by atoms with Crippen molar-refractivity contribution in [3.63, 3.8) is 0 Å². The summed E-state index contributed by atoms with van der Waals surface area (Å²) in [6.07, 6.45) is 1.70. The third kappa shape index (κ3) is 1.91. The molecule has 1 aromatic carbocycles. The standard InChI is InChI=1S/C14H18N2O.ClH/c1-9(15)8-16-11-5-3-2-4-10(11)14-12(16)6-7-13(14)17;/h2-5,9,12,14H,6-8,15H2,1H3;1H/t9?,12-,14?;/m0./s1. The van der Waals surface area contributed by atoms with E-state index in [9.17, 15) is 4.79 Å². The van der Waals surface area contributed by atoms with Crippen molar-refractivity contribution < 1.29 is 4.79 Å². The molecule has 18 heavy (non-hydrogen) atoms. The molecule has 98 valence electrons. The number of hydrogen-bond acceptors (Lipinski definition) is 3. The minimum atomic E-state index is 0. The number of ketones is 1. The highest BCUT2D eigenvalue weighted by atomic mass is 35.5. The molecule has 2 N–H and O–H groups in total. The lowest BCUT2D eigenvalue weighted by Crippen LogP contribution is -2.40. The number of hydrogen-bond donors (Lipinski definition) is 1. The predicted octanol–water partition coefficient (Wildman–Crippen LogP) is 2.09. The van der Waals surface area contributed by atoms with Crippen molar-refractivity contribution in [2.45, 2.75) is 37.8 Å². The van der Waals surface area contributed by atoms with E-state index in [0.29, 0.717) is 11.8 Å². The minimum Gasteiger partial charge on any atom is -0.366 e. The quantitative estimate of drug-likeness (QED) is 0.892. The van der Waals surface area contributed by atoms with Crippen LogP contribution < -0.4 is 10.6 Å². The van der Waals surface area contributed by atoms with Gasteiger partial charge in [0.05, 0.1) is 5.92 Å². The lowest BCUT2D eigenvalue weighted by molar-refractivity contribution is -0.118. The van der Waals surface area contributed by atoms with Gasteiger partial charge in [0.2, 0.25) is 0 Å². The molecule has 0 spiro atoms. The van der Waals surface area contributed by atoms with E-state index < -0.39 is 0 Å². The summed E-state index contributed by atoms with van der Waals surface area (Å²) in [5.41, 5.74) is 8.34. The first-order chi connectivity index (χ1) is 8.18. The molecular formula is C14H19ClN2O. The Morgan fingerprint density at radius 3 is 2.89 bits per heavy atom. The summed E-state index contributed by atoms with van der Waals surface area (Å²) in [6.45, 7) is 2.86. The normalized spacial score (nSPS) is 26.6. The van der Waals surface area contributed by atoms with Crippen molar-refractivity contribution >= 4 is 23.9 Å². The molecule has 3 atom stereocenters. The third-order valence-electron chi connectivity index (χ3n) is 3.88. The Kier molecular flexibility index (Phi) is 3.64. The minimum absolute atomic E-state index is 0. The maximum Gasteiger partial charge on any atom is 0.142 e. The van der Waals surface area contributed by atoms with Gasteiger partial charge in [0.1, 0.15) is 5.78 Å².